The fourth-order valence-corrected chi connectivity index (χ4v) is 3.24. The highest BCUT2D eigenvalue weighted by Gasteiger charge is 2.35. The van der Waals surface area contributed by atoms with Crippen molar-refractivity contribution >= 4 is 12.4 Å². The van der Waals surface area contributed by atoms with E-state index < -0.39 is 17.2 Å². The molecule has 3 aromatic rings. The minimum atomic E-state index is -0.695. The van der Waals surface area contributed by atoms with Crippen molar-refractivity contribution in [2.75, 3.05) is 0 Å². The van der Waals surface area contributed by atoms with Crippen molar-refractivity contribution in [2.24, 2.45) is 5.73 Å². The van der Waals surface area contributed by atoms with Crippen LogP contribution in [0.4, 0.5) is 8.78 Å². The summed E-state index contributed by atoms with van der Waals surface area (Å²) in [7, 11) is 0. The zero-order valence-corrected chi connectivity index (χ0v) is 15.3. The fourth-order valence-electron chi connectivity index (χ4n) is 3.24. The van der Waals surface area contributed by atoms with E-state index >= 15 is 0 Å². The fraction of sp³-hybridized carbons (Fsp3) is 0.389. The summed E-state index contributed by atoms with van der Waals surface area (Å²) in [5.74, 6) is 0.329. The summed E-state index contributed by atoms with van der Waals surface area (Å²) in [6, 6.07) is 3.30. The van der Waals surface area contributed by atoms with E-state index in [1.165, 1.54) is 18.3 Å². The predicted octanol–water partition coefficient (Wildman–Crippen LogP) is 3.94. The van der Waals surface area contributed by atoms with Gasteiger partial charge in [0.15, 0.2) is 17.5 Å². The Balaban J connectivity index is 0.00000210. The Kier molecular flexibility index (Phi) is 5.57. The molecule has 1 aliphatic rings. The van der Waals surface area contributed by atoms with Gasteiger partial charge in [-0.25, -0.2) is 13.8 Å². The van der Waals surface area contributed by atoms with Gasteiger partial charge >= 0.3 is 0 Å². The molecule has 144 valence electrons. The normalized spacial score (nSPS) is 15.7. The maximum Gasteiger partial charge on any atom is 0.227 e. The van der Waals surface area contributed by atoms with Crippen LogP contribution in [0.1, 0.15) is 43.3 Å². The Morgan fingerprint density at radius 3 is 2.59 bits per heavy atom. The van der Waals surface area contributed by atoms with Crippen LogP contribution in [0.15, 0.2) is 33.3 Å². The lowest BCUT2D eigenvalue weighted by atomic mass is 9.99. The van der Waals surface area contributed by atoms with Crippen molar-refractivity contribution in [3.05, 3.63) is 53.6 Å². The van der Waals surface area contributed by atoms with Gasteiger partial charge in [0.2, 0.25) is 5.89 Å². The van der Waals surface area contributed by atoms with E-state index in [0.717, 1.165) is 31.7 Å². The van der Waals surface area contributed by atoms with E-state index in [9.17, 15) is 8.78 Å². The highest BCUT2D eigenvalue weighted by Crippen LogP contribution is 2.34. The summed E-state index contributed by atoms with van der Waals surface area (Å²) >= 11 is 0. The van der Waals surface area contributed by atoms with Crippen LogP contribution in [0.3, 0.4) is 0 Å². The van der Waals surface area contributed by atoms with Crippen molar-refractivity contribution in [3.63, 3.8) is 0 Å². The molecule has 0 unspecified atom stereocenters. The van der Waals surface area contributed by atoms with Gasteiger partial charge in [-0.15, -0.1) is 12.4 Å². The minimum absolute atomic E-state index is 0. The molecule has 4 rings (SSSR count). The van der Waals surface area contributed by atoms with Crippen LogP contribution in [0.2, 0.25) is 0 Å². The lowest BCUT2D eigenvalue weighted by Gasteiger charge is -2.17. The molecule has 0 aliphatic heterocycles. The zero-order valence-electron chi connectivity index (χ0n) is 14.5. The van der Waals surface area contributed by atoms with E-state index in [1.54, 1.807) is 0 Å². The first kappa shape index (κ1) is 19.4. The van der Waals surface area contributed by atoms with Gasteiger partial charge in [-0.3, -0.25) is 0 Å². The summed E-state index contributed by atoms with van der Waals surface area (Å²) in [5.41, 5.74) is 5.99. The molecule has 2 heterocycles. The van der Waals surface area contributed by atoms with Gasteiger partial charge in [0.1, 0.15) is 11.6 Å². The van der Waals surface area contributed by atoms with Gasteiger partial charge in [0.25, 0.3) is 0 Å². The number of oxazole rings is 1. The molecule has 0 saturated heterocycles. The number of nitrogens with two attached hydrogens (primary N) is 1. The van der Waals surface area contributed by atoms with E-state index in [0.29, 0.717) is 30.4 Å². The van der Waals surface area contributed by atoms with Crippen molar-refractivity contribution in [2.45, 2.75) is 44.1 Å². The standard InChI is InChI=1S/C18H18F2N4O2.ClH/c19-11-3-4-12(13(20)9-11)14-10-22-15(25-14)5-6-16-23-17(24-26-16)18(21)7-1-2-8-18;/h3-4,9-10H,1-2,5-8,21H2;1H. The number of rotatable bonds is 5. The lowest BCUT2D eigenvalue weighted by Crippen LogP contribution is -2.34. The average Bonchev–Trinajstić information content (AvgIpc) is 3.34. The molecule has 1 fully saturated rings. The highest BCUT2D eigenvalue weighted by molar-refractivity contribution is 5.85. The first-order chi connectivity index (χ1) is 12.5. The zero-order chi connectivity index (χ0) is 18.1. The van der Waals surface area contributed by atoms with Gasteiger partial charge in [-0.05, 0) is 25.0 Å². The third-order valence-corrected chi connectivity index (χ3v) is 4.71. The van der Waals surface area contributed by atoms with Gasteiger partial charge in [0, 0.05) is 18.9 Å². The molecule has 1 aliphatic carbocycles. The predicted molar refractivity (Wildman–Crippen MR) is 95.1 cm³/mol. The van der Waals surface area contributed by atoms with Gasteiger partial charge in [0.05, 0.1) is 17.3 Å². The monoisotopic (exact) mass is 396 g/mol. The minimum Gasteiger partial charge on any atom is -0.441 e. The Bertz CT molecular complexity index is 922. The quantitative estimate of drug-likeness (QED) is 0.702. The lowest BCUT2D eigenvalue weighted by molar-refractivity contribution is 0.346. The Labute approximate surface area is 160 Å². The van der Waals surface area contributed by atoms with Crippen LogP contribution >= 0.6 is 12.4 Å². The number of halogens is 3. The molecule has 1 aromatic carbocycles. The molecule has 0 bridgehead atoms. The number of hydrogen-bond donors (Lipinski definition) is 1. The van der Waals surface area contributed by atoms with Crippen LogP contribution in [0.5, 0.6) is 0 Å². The first-order valence-corrected chi connectivity index (χ1v) is 8.56. The highest BCUT2D eigenvalue weighted by atomic mass is 35.5. The smallest absolute Gasteiger partial charge is 0.227 e. The van der Waals surface area contributed by atoms with Gasteiger partial charge in [-0.2, -0.15) is 4.98 Å². The molecule has 0 radical (unpaired) electrons. The van der Waals surface area contributed by atoms with Crippen molar-refractivity contribution in [3.8, 4) is 11.3 Å². The summed E-state index contributed by atoms with van der Waals surface area (Å²) in [4.78, 5) is 8.52. The number of nitrogens with zero attached hydrogens (tertiary/aromatic N) is 3. The molecular formula is C18H19ClF2N4O2. The van der Waals surface area contributed by atoms with E-state index in [2.05, 4.69) is 15.1 Å². The molecule has 0 amide bonds. The number of hydrogen-bond acceptors (Lipinski definition) is 6. The van der Waals surface area contributed by atoms with Crippen molar-refractivity contribution in [1.82, 2.24) is 15.1 Å². The molecule has 2 N–H and O–H groups in total. The Hall–Kier alpha value is -2.32. The third-order valence-electron chi connectivity index (χ3n) is 4.71. The number of aryl methyl sites for hydroxylation is 2. The molecule has 2 aromatic heterocycles. The largest absolute Gasteiger partial charge is 0.441 e. The summed E-state index contributed by atoms with van der Waals surface area (Å²) in [6.45, 7) is 0. The Morgan fingerprint density at radius 1 is 1.11 bits per heavy atom. The second-order valence-electron chi connectivity index (χ2n) is 6.62. The summed E-state index contributed by atoms with van der Waals surface area (Å²) in [5, 5.41) is 4.01. The van der Waals surface area contributed by atoms with Crippen LogP contribution in [0, 0.1) is 11.6 Å². The van der Waals surface area contributed by atoms with E-state index in [-0.39, 0.29) is 23.7 Å². The molecular weight excluding hydrogens is 378 g/mol. The maximum atomic E-state index is 13.8. The van der Waals surface area contributed by atoms with Crippen molar-refractivity contribution in [1.29, 1.82) is 0 Å². The van der Waals surface area contributed by atoms with Gasteiger partial charge < -0.3 is 14.7 Å². The maximum absolute atomic E-state index is 13.8. The van der Waals surface area contributed by atoms with Crippen LogP contribution < -0.4 is 5.73 Å². The summed E-state index contributed by atoms with van der Waals surface area (Å²) < 4.78 is 37.6. The first-order valence-electron chi connectivity index (χ1n) is 8.56. The molecule has 27 heavy (non-hydrogen) atoms. The molecule has 1 saturated carbocycles. The summed E-state index contributed by atoms with van der Waals surface area (Å²) in [6.07, 6.45) is 6.13. The second kappa shape index (κ2) is 7.74. The topological polar surface area (TPSA) is 91.0 Å². The molecule has 9 heteroatoms. The molecule has 0 atom stereocenters. The molecule has 6 nitrogen and oxygen atoms in total. The number of benzene rings is 1. The van der Waals surface area contributed by atoms with Gasteiger partial charge in [-0.1, -0.05) is 18.0 Å². The average molecular weight is 397 g/mol. The SMILES string of the molecule is Cl.NC1(c2noc(CCc3ncc(-c4ccc(F)cc4F)o3)n2)CCCC1. The van der Waals surface area contributed by atoms with E-state index in [1.807, 2.05) is 0 Å². The van der Waals surface area contributed by atoms with Crippen LogP contribution in [-0.2, 0) is 18.4 Å². The molecule has 0 spiro atoms. The Morgan fingerprint density at radius 2 is 1.85 bits per heavy atom. The van der Waals surface area contributed by atoms with Crippen molar-refractivity contribution < 1.29 is 17.7 Å². The third kappa shape index (κ3) is 4.01. The van der Waals surface area contributed by atoms with E-state index in [4.69, 9.17) is 14.7 Å². The second-order valence-corrected chi connectivity index (χ2v) is 6.62. The van der Waals surface area contributed by atoms with Crippen LogP contribution in [-0.4, -0.2) is 15.1 Å². The van der Waals surface area contributed by atoms with Crippen LogP contribution in [0.25, 0.3) is 11.3 Å². The number of aromatic nitrogens is 3.